The van der Waals surface area contributed by atoms with Crippen molar-refractivity contribution in [2.45, 2.75) is 77.4 Å². The number of ether oxygens (including phenoxy) is 3. The van der Waals surface area contributed by atoms with Crippen LogP contribution in [0.1, 0.15) is 59.1 Å². The number of nitrogens with zero attached hydrogens (tertiary/aromatic N) is 2. The molecule has 8 nitrogen and oxygen atoms in total. The van der Waals surface area contributed by atoms with E-state index in [9.17, 15) is 14.4 Å². The van der Waals surface area contributed by atoms with Gasteiger partial charge in [-0.1, -0.05) is 37.3 Å². The van der Waals surface area contributed by atoms with E-state index in [2.05, 4.69) is 0 Å². The lowest BCUT2D eigenvalue weighted by Gasteiger charge is -2.35. The predicted molar refractivity (Wildman–Crippen MR) is 118 cm³/mol. The van der Waals surface area contributed by atoms with Crippen molar-refractivity contribution < 1.29 is 28.6 Å². The molecule has 0 saturated carbocycles. The van der Waals surface area contributed by atoms with Gasteiger partial charge in [0.05, 0.1) is 24.1 Å². The largest absolute Gasteiger partial charge is 0.444 e. The Morgan fingerprint density at radius 1 is 1.19 bits per heavy atom. The summed E-state index contributed by atoms with van der Waals surface area (Å²) in [5.41, 5.74) is 0.224. The van der Waals surface area contributed by atoms with Crippen molar-refractivity contribution in [2.75, 3.05) is 13.7 Å². The highest BCUT2D eigenvalue weighted by atomic mass is 16.6. The lowest BCUT2D eigenvalue weighted by Crippen LogP contribution is -2.52. The maximum Gasteiger partial charge on any atom is 0.417 e. The van der Waals surface area contributed by atoms with Crippen LogP contribution in [0.5, 0.6) is 0 Å². The summed E-state index contributed by atoms with van der Waals surface area (Å²) >= 11 is 0. The van der Waals surface area contributed by atoms with Crippen molar-refractivity contribution in [3.63, 3.8) is 0 Å². The third-order valence-electron chi connectivity index (χ3n) is 6.10. The van der Waals surface area contributed by atoms with Gasteiger partial charge in [0.1, 0.15) is 11.7 Å². The van der Waals surface area contributed by atoms with E-state index in [4.69, 9.17) is 14.2 Å². The van der Waals surface area contributed by atoms with E-state index >= 15 is 0 Å². The summed E-state index contributed by atoms with van der Waals surface area (Å²) in [5.74, 6) is -1.03. The highest BCUT2D eigenvalue weighted by Gasteiger charge is 2.48. The van der Waals surface area contributed by atoms with Crippen molar-refractivity contribution in [1.82, 2.24) is 9.80 Å². The summed E-state index contributed by atoms with van der Waals surface area (Å²) in [5, 5.41) is 0. The fourth-order valence-electron chi connectivity index (χ4n) is 4.58. The third kappa shape index (κ3) is 4.90. The summed E-state index contributed by atoms with van der Waals surface area (Å²) in [7, 11) is 1.53. The Bertz CT molecular complexity index is 837. The Kier molecular flexibility index (Phi) is 7.12. The number of amides is 3. The minimum Gasteiger partial charge on any atom is -0.444 e. The number of rotatable bonds is 5. The van der Waals surface area contributed by atoms with Gasteiger partial charge in [0.25, 0.3) is 0 Å². The molecule has 2 aliphatic heterocycles. The maximum atomic E-state index is 13.4. The fourth-order valence-corrected chi connectivity index (χ4v) is 4.58. The molecule has 2 heterocycles. The molecule has 1 aromatic carbocycles. The summed E-state index contributed by atoms with van der Waals surface area (Å²) < 4.78 is 16.8. The van der Waals surface area contributed by atoms with E-state index in [0.717, 1.165) is 12.0 Å². The van der Waals surface area contributed by atoms with Crippen LogP contribution >= 0.6 is 0 Å². The molecule has 3 amide bonds. The van der Waals surface area contributed by atoms with Crippen LogP contribution in [0, 0.1) is 5.92 Å². The monoisotopic (exact) mass is 446 g/mol. The van der Waals surface area contributed by atoms with Crippen molar-refractivity contribution in [3.05, 3.63) is 35.9 Å². The number of benzene rings is 1. The molecule has 0 bridgehead atoms. The maximum absolute atomic E-state index is 13.4. The van der Waals surface area contributed by atoms with E-state index < -0.39 is 42.0 Å². The Labute approximate surface area is 189 Å². The predicted octanol–water partition coefficient (Wildman–Crippen LogP) is 4.15. The Hall–Kier alpha value is -2.61. The number of hydrogen-bond acceptors (Lipinski definition) is 6. The van der Waals surface area contributed by atoms with Gasteiger partial charge < -0.3 is 19.1 Å². The first kappa shape index (κ1) is 24.0. The van der Waals surface area contributed by atoms with Crippen LogP contribution in [0.25, 0.3) is 0 Å². The van der Waals surface area contributed by atoms with Crippen LogP contribution in [-0.2, 0) is 19.0 Å². The van der Waals surface area contributed by atoms with Crippen LogP contribution in [-0.4, -0.2) is 65.3 Å². The molecule has 2 fully saturated rings. The third-order valence-corrected chi connectivity index (χ3v) is 6.10. The molecular formula is C24H34N2O6. The average Bonchev–Trinajstić information content (AvgIpc) is 3.32. The zero-order valence-electron chi connectivity index (χ0n) is 19.7. The van der Waals surface area contributed by atoms with Crippen LogP contribution in [0.3, 0.4) is 0 Å². The molecule has 32 heavy (non-hydrogen) atoms. The highest BCUT2D eigenvalue weighted by Crippen LogP contribution is 2.35. The number of cyclic esters (lactones) is 1. The molecule has 176 valence electrons. The zero-order chi connectivity index (χ0) is 23.6. The molecule has 2 aliphatic rings. The van der Waals surface area contributed by atoms with Gasteiger partial charge in [0.2, 0.25) is 5.91 Å². The van der Waals surface area contributed by atoms with Gasteiger partial charge in [-0.15, -0.1) is 0 Å². The lowest BCUT2D eigenvalue weighted by atomic mass is 9.93. The Morgan fingerprint density at radius 3 is 2.44 bits per heavy atom. The number of methoxy groups -OCH3 is 1. The van der Waals surface area contributed by atoms with Gasteiger partial charge in [-0.3, -0.25) is 4.79 Å². The van der Waals surface area contributed by atoms with Crippen molar-refractivity contribution in [1.29, 1.82) is 0 Å². The Balaban J connectivity index is 1.76. The van der Waals surface area contributed by atoms with E-state index in [0.29, 0.717) is 13.0 Å². The highest BCUT2D eigenvalue weighted by molar-refractivity contribution is 5.95. The molecule has 3 rings (SSSR count). The van der Waals surface area contributed by atoms with Crippen LogP contribution in [0.4, 0.5) is 9.59 Å². The molecule has 1 unspecified atom stereocenters. The Morgan fingerprint density at radius 2 is 1.84 bits per heavy atom. The molecule has 5 atom stereocenters. The van der Waals surface area contributed by atoms with E-state index in [1.54, 1.807) is 18.7 Å². The molecule has 8 heteroatoms. The minimum absolute atomic E-state index is 0.312. The topological polar surface area (TPSA) is 85.4 Å². The van der Waals surface area contributed by atoms with Crippen molar-refractivity contribution in [3.8, 4) is 0 Å². The molecule has 2 saturated heterocycles. The minimum atomic E-state index is -0.659. The number of carbonyl (C=O) groups excluding carboxylic acids is 3. The SMILES string of the molecule is CO[C@@H](C1CCCN1C(=O)OC(C)(C)C)[C@@H](C)C(=O)N1C(=O)O[C@@H](c2ccccc2)[C@H]1C. The second-order valence-electron chi connectivity index (χ2n) is 9.54. The van der Waals surface area contributed by atoms with E-state index in [-0.39, 0.29) is 11.9 Å². The summed E-state index contributed by atoms with van der Waals surface area (Å²) in [6.45, 7) is 9.53. The molecule has 0 radical (unpaired) electrons. The lowest BCUT2D eigenvalue weighted by molar-refractivity contribution is -0.139. The van der Waals surface area contributed by atoms with Gasteiger partial charge in [0.15, 0.2) is 0 Å². The standard InChI is InChI=1S/C24H34N2O6/c1-15(19(30-6)18-13-10-14-25(18)22(28)32-24(3,4)5)21(27)26-16(2)20(31-23(26)29)17-11-8-7-9-12-17/h7-9,11-12,15-16,18-20H,10,13-14H2,1-6H3/t15-,16-,18?,19-,20-/m1/s1. The van der Waals surface area contributed by atoms with Crippen LogP contribution in [0.15, 0.2) is 30.3 Å². The smallest absolute Gasteiger partial charge is 0.417 e. The van der Waals surface area contributed by atoms with Crippen LogP contribution in [0.2, 0.25) is 0 Å². The van der Waals surface area contributed by atoms with Gasteiger partial charge in [-0.2, -0.15) is 0 Å². The number of imide groups is 1. The molecule has 1 aromatic rings. The zero-order valence-corrected chi connectivity index (χ0v) is 19.7. The molecule has 0 spiro atoms. The number of carbonyl (C=O) groups is 3. The molecule has 0 aliphatic carbocycles. The first-order valence-corrected chi connectivity index (χ1v) is 11.2. The second-order valence-corrected chi connectivity index (χ2v) is 9.54. The van der Waals surface area contributed by atoms with Crippen molar-refractivity contribution >= 4 is 18.1 Å². The second kappa shape index (κ2) is 9.48. The van der Waals surface area contributed by atoms with Gasteiger partial charge in [0, 0.05) is 13.7 Å². The molecule has 0 N–H and O–H groups in total. The first-order valence-electron chi connectivity index (χ1n) is 11.2. The molecular weight excluding hydrogens is 412 g/mol. The normalized spacial score (nSPS) is 25.4. The number of hydrogen-bond donors (Lipinski definition) is 0. The quantitative estimate of drug-likeness (QED) is 0.676. The summed E-state index contributed by atoms with van der Waals surface area (Å²) in [4.78, 5) is 41.6. The molecule has 0 aromatic heterocycles. The van der Waals surface area contributed by atoms with Crippen LogP contribution < -0.4 is 0 Å². The number of likely N-dealkylation sites (tertiary alicyclic amines) is 1. The van der Waals surface area contributed by atoms with Gasteiger partial charge in [-0.25, -0.2) is 14.5 Å². The summed E-state index contributed by atoms with van der Waals surface area (Å²) in [6, 6.07) is 8.61. The average molecular weight is 447 g/mol. The van der Waals surface area contributed by atoms with Crippen molar-refractivity contribution in [2.24, 2.45) is 5.92 Å². The summed E-state index contributed by atoms with van der Waals surface area (Å²) in [6.07, 6.45) is -0.683. The first-order chi connectivity index (χ1) is 15.0. The fraction of sp³-hybridized carbons (Fsp3) is 0.625. The van der Waals surface area contributed by atoms with Gasteiger partial charge in [-0.05, 0) is 46.1 Å². The van der Waals surface area contributed by atoms with Gasteiger partial charge >= 0.3 is 12.2 Å². The van der Waals surface area contributed by atoms with E-state index in [1.165, 1.54) is 12.0 Å². The van der Waals surface area contributed by atoms with E-state index in [1.807, 2.05) is 51.1 Å².